The van der Waals surface area contributed by atoms with Crippen molar-refractivity contribution in [3.63, 3.8) is 0 Å². The van der Waals surface area contributed by atoms with Gasteiger partial charge in [-0.3, -0.25) is 4.79 Å². The van der Waals surface area contributed by atoms with Crippen LogP contribution in [0, 0.1) is 0 Å². The summed E-state index contributed by atoms with van der Waals surface area (Å²) in [5.74, 6) is -1.23. The van der Waals surface area contributed by atoms with Gasteiger partial charge in [0.25, 0.3) is 0 Å². The highest BCUT2D eigenvalue weighted by Crippen LogP contribution is 2.26. The summed E-state index contributed by atoms with van der Waals surface area (Å²) in [5.41, 5.74) is 1.48. The molecule has 0 aliphatic carbocycles. The first-order valence-corrected chi connectivity index (χ1v) is 6.15. The summed E-state index contributed by atoms with van der Waals surface area (Å²) in [4.78, 5) is 25.5. The van der Waals surface area contributed by atoms with Crippen LogP contribution in [-0.4, -0.2) is 31.0 Å². The molecule has 0 saturated heterocycles. The van der Waals surface area contributed by atoms with Crippen LogP contribution in [0.4, 0.5) is 5.69 Å². The molecule has 20 heavy (non-hydrogen) atoms. The lowest BCUT2D eigenvalue weighted by Crippen LogP contribution is -2.18. The molecule has 2 rings (SSSR count). The van der Waals surface area contributed by atoms with E-state index < -0.39 is 5.97 Å². The molecular formula is C16H15NO3. The Morgan fingerprint density at radius 1 is 0.900 bits per heavy atom. The number of benzene rings is 2. The third kappa shape index (κ3) is 2.54. The van der Waals surface area contributed by atoms with Crippen LogP contribution in [0.5, 0.6) is 0 Å². The summed E-state index contributed by atoms with van der Waals surface area (Å²) < 4.78 is 0. The Hall–Kier alpha value is -2.62. The highest BCUT2D eigenvalue weighted by molar-refractivity contribution is 6.14. The molecule has 2 aromatic rings. The summed E-state index contributed by atoms with van der Waals surface area (Å²) in [6.45, 7) is 0. The summed E-state index contributed by atoms with van der Waals surface area (Å²) in [6, 6.07) is 13.6. The maximum Gasteiger partial charge on any atom is 0.337 e. The van der Waals surface area contributed by atoms with Crippen molar-refractivity contribution in [1.29, 1.82) is 0 Å². The van der Waals surface area contributed by atoms with Crippen molar-refractivity contribution < 1.29 is 14.7 Å². The van der Waals surface area contributed by atoms with Crippen molar-refractivity contribution in [1.82, 2.24) is 0 Å². The first-order chi connectivity index (χ1) is 9.52. The van der Waals surface area contributed by atoms with Crippen molar-refractivity contribution in [3.8, 4) is 0 Å². The molecule has 0 bridgehead atoms. The molecule has 0 saturated carbocycles. The van der Waals surface area contributed by atoms with Gasteiger partial charge in [-0.15, -0.1) is 0 Å². The molecule has 0 atom stereocenters. The van der Waals surface area contributed by atoms with Gasteiger partial charge < -0.3 is 10.0 Å². The highest BCUT2D eigenvalue weighted by atomic mass is 16.4. The predicted octanol–water partition coefficient (Wildman–Crippen LogP) is 2.68. The van der Waals surface area contributed by atoms with Gasteiger partial charge in [-0.25, -0.2) is 4.79 Å². The zero-order valence-corrected chi connectivity index (χ0v) is 11.3. The zero-order chi connectivity index (χ0) is 14.7. The van der Waals surface area contributed by atoms with E-state index in [-0.39, 0.29) is 11.3 Å². The second-order valence-electron chi connectivity index (χ2n) is 4.60. The van der Waals surface area contributed by atoms with Crippen molar-refractivity contribution in [3.05, 3.63) is 65.2 Å². The topological polar surface area (TPSA) is 57.6 Å². The minimum Gasteiger partial charge on any atom is -0.478 e. The van der Waals surface area contributed by atoms with E-state index >= 15 is 0 Å². The average Bonchev–Trinajstić information content (AvgIpc) is 2.46. The summed E-state index contributed by atoms with van der Waals surface area (Å²) >= 11 is 0. The fourth-order valence-electron chi connectivity index (χ4n) is 2.13. The van der Waals surface area contributed by atoms with E-state index in [1.807, 2.05) is 6.07 Å². The Labute approximate surface area is 117 Å². The minimum atomic E-state index is -1.04. The number of carboxylic acid groups (broad SMARTS) is 1. The number of aromatic carboxylic acids is 1. The van der Waals surface area contributed by atoms with Crippen LogP contribution in [0.1, 0.15) is 26.3 Å². The van der Waals surface area contributed by atoms with E-state index in [0.29, 0.717) is 16.8 Å². The quantitative estimate of drug-likeness (QED) is 0.867. The average molecular weight is 269 g/mol. The van der Waals surface area contributed by atoms with Gasteiger partial charge in [-0.1, -0.05) is 36.4 Å². The molecule has 0 amide bonds. The molecule has 1 N–H and O–H groups in total. The number of rotatable bonds is 4. The molecule has 2 aromatic carbocycles. The van der Waals surface area contributed by atoms with Crippen molar-refractivity contribution in [2.75, 3.05) is 19.0 Å². The van der Waals surface area contributed by atoms with Crippen molar-refractivity contribution >= 4 is 17.4 Å². The Morgan fingerprint density at radius 3 is 2.05 bits per heavy atom. The molecule has 0 aromatic heterocycles. The van der Waals surface area contributed by atoms with E-state index in [9.17, 15) is 14.7 Å². The maximum absolute atomic E-state index is 12.5. The summed E-state index contributed by atoms with van der Waals surface area (Å²) in [5, 5.41) is 9.25. The molecule has 4 nitrogen and oxygen atoms in total. The molecule has 0 aliphatic rings. The normalized spacial score (nSPS) is 10.1. The van der Waals surface area contributed by atoms with Gasteiger partial charge in [0.2, 0.25) is 0 Å². The number of carboxylic acids is 1. The van der Waals surface area contributed by atoms with Gasteiger partial charge in [0, 0.05) is 25.2 Å². The number of anilines is 1. The number of carbonyl (C=O) groups is 2. The minimum absolute atomic E-state index is 0.122. The van der Waals surface area contributed by atoms with E-state index in [1.165, 1.54) is 6.07 Å². The number of para-hydroxylation sites is 1. The van der Waals surface area contributed by atoms with Crippen molar-refractivity contribution in [2.24, 2.45) is 0 Å². The van der Waals surface area contributed by atoms with Gasteiger partial charge in [0.15, 0.2) is 5.78 Å². The van der Waals surface area contributed by atoms with Gasteiger partial charge in [-0.2, -0.15) is 0 Å². The molecular weight excluding hydrogens is 254 g/mol. The van der Waals surface area contributed by atoms with E-state index in [4.69, 9.17) is 0 Å². The fraction of sp³-hybridized carbons (Fsp3) is 0.125. The van der Waals surface area contributed by atoms with E-state index in [0.717, 1.165) is 0 Å². The van der Waals surface area contributed by atoms with Crippen LogP contribution >= 0.6 is 0 Å². The van der Waals surface area contributed by atoms with Crippen LogP contribution in [0.3, 0.4) is 0 Å². The SMILES string of the molecule is CN(C)c1c(C(=O)O)cccc1C(=O)c1ccccc1. The number of carbonyl (C=O) groups excluding carboxylic acids is 1. The third-order valence-electron chi connectivity index (χ3n) is 2.99. The Kier molecular flexibility index (Phi) is 3.84. The number of hydrogen-bond donors (Lipinski definition) is 1. The number of ketones is 1. The van der Waals surface area contributed by atoms with Crippen LogP contribution in [0.15, 0.2) is 48.5 Å². The van der Waals surface area contributed by atoms with E-state index in [1.54, 1.807) is 55.4 Å². The standard InChI is InChI=1S/C16H15NO3/c1-17(2)14-12(9-6-10-13(14)16(19)20)15(18)11-7-4-3-5-8-11/h3-10H,1-2H3,(H,19,20). The Bertz CT molecular complexity index is 648. The zero-order valence-electron chi connectivity index (χ0n) is 11.3. The second-order valence-corrected chi connectivity index (χ2v) is 4.60. The van der Waals surface area contributed by atoms with Crippen LogP contribution in [-0.2, 0) is 0 Å². The lowest BCUT2D eigenvalue weighted by Gasteiger charge is -2.19. The maximum atomic E-state index is 12.5. The predicted molar refractivity (Wildman–Crippen MR) is 77.6 cm³/mol. The first kappa shape index (κ1) is 13.8. The smallest absolute Gasteiger partial charge is 0.337 e. The Morgan fingerprint density at radius 2 is 1.50 bits per heavy atom. The number of nitrogens with zero attached hydrogens (tertiary/aromatic N) is 1. The lowest BCUT2D eigenvalue weighted by atomic mass is 9.98. The van der Waals surface area contributed by atoms with Crippen LogP contribution in [0.25, 0.3) is 0 Å². The van der Waals surface area contributed by atoms with Crippen LogP contribution < -0.4 is 4.90 Å². The largest absolute Gasteiger partial charge is 0.478 e. The third-order valence-corrected chi connectivity index (χ3v) is 2.99. The molecule has 0 fully saturated rings. The van der Waals surface area contributed by atoms with Crippen molar-refractivity contribution in [2.45, 2.75) is 0 Å². The van der Waals surface area contributed by atoms with Gasteiger partial charge in [-0.05, 0) is 12.1 Å². The molecule has 102 valence electrons. The molecule has 0 unspecified atom stereocenters. The molecule has 0 radical (unpaired) electrons. The molecule has 0 spiro atoms. The number of hydrogen-bond acceptors (Lipinski definition) is 3. The van der Waals surface area contributed by atoms with Gasteiger partial charge in [0.05, 0.1) is 11.3 Å². The van der Waals surface area contributed by atoms with Gasteiger partial charge in [0.1, 0.15) is 0 Å². The highest BCUT2D eigenvalue weighted by Gasteiger charge is 2.20. The molecule has 0 aliphatic heterocycles. The second kappa shape index (κ2) is 5.57. The molecule has 0 heterocycles. The Balaban J connectivity index is 2.60. The summed E-state index contributed by atoms with van der Waals surface area (Å²) in [6.07, 6.45) is 0. The fourth-order valence-corrected chi connectivity index (χ4v) is 2.13. The van der Waals surface area contributed by atoms with Crippen LogP contribution in [0.2, 0.25) is 0 Å². The first-order valence-electron chi connectivity index (χ1n) is 6.15. The molecule has 4 heteroatoms. The lowest BCUT2D eigenvalue weighted by molar-refractivity contribution is 0.0697. The van der Waals surface area contributed by atoms with E-state index in [2.05, 4.69) is 0 Å². The monoisotopic (exact) mass is 269 g/mol. The van der Waals surface area contributed by atoms with Gasteiger partial charge >= 0.3 is 5.97 Å². The summed E-state index contributed by atoms with van der Waals surface area (Å²) in [7, 11) is 3.45.